The number of likely N-dealkylation sites (N-methyl/N-ethyl adjacent to an activating group) is 1. The number of nitrogens with zero attached hydrogens (tertiary/aromatic N) is 2. The van der Waals surface area contributed by atoms with Gasteiger partial charge in [-0.2, -0.15) is 0 Å². The van der Waals surface area contributed by atoms with Crippen LogP contribution in [0.3, 0.4) is 0 Å². The van der Waals surface area contributed by atoms with Crippen molar-refractivity contribution in [2.75, 3.05) is 32.7 Å². The summed E-state index contributed by atoms with van der Waals surface area (Å²) in [5, 5.41) is 0.730. The predicted octanol–water partition coefficient (Wildman–Crippen LogP) is 3.46. The maximum absolute atomic E-state index is 5.90. The number of pyridine rings is 1. The second-order valence-corrected chi connectivity index (χ2v) is 5.13. The first-order valence-corrected chi connectivity index (χ1v) is 7.00. The van der Waals surface area contributed by atoms with Crippen molar-refractivity contribution in [2.45, 2.75) is 6.29 Å². The first kappa shape index (κ1) is 15.8. The number of hydrogen-bond acceptors (Lipinski definition) is 4. The van der Waals surface area contributed by atoms with E-state index in [2.05, 4.69) is 4.98 Å². The topological polar surface area (TPSA) is 34.6 Å². The van der Waals surface area contributed by atoms with Crippen molar-refractivity contribution in [1.82, 2.24) is 4.98 Å². The molecule has 0 fully saturated rings. The molecule has 0 saturated carbocycles. The third kappa shape index (κ3) is 4.17. The van der Waals surface area contributed by atoms with Gasteiger partial charge in [-0.15, -0.1) is 0 Å². The Morgan fingerprint density at radius 2 is 1.67 bits per heavy atom. The van der Waals surface area contributed by atoms with Crippen molar-refractivity contribution >= 4 is 17.4 Å². The highest BCUT2D eigenvalue weighted by Crippen LogP contribution is 2.22. The van der Waals surface area contributed by atoms with E-state index in [-0.39, 0.29) is 6.29 Å². The summed E-state index contributed by atoms with van der Waals surface area (Å²) in [5.74, 6) is 0.867. The summed E-state index contributed by atoms with van der Waals surface area (Å²) in [6, 6.07) is 11.7. The molecule has 0 amide bonds. The number of methoxy groups -OCH3 is 2. The number of halogens is 1. The molecule has 5 heteroatoms. The van der Waals surface area contributed by atoms with E-state index in [0.29, 0.717) is 6.54 Å². The number of rotatable bonds is 6. The van der Waals surface area contributed by atoms with Gasteiger partial charge in [-0.3, -0.25) is 0 Å². The molecule has 0 aliphatic carbocycles. The summed E-state index contributed by atoms with van der Waals surface area (Å²) in [6.07, 6.45) is 1.58. The highest BCUT2D eigenvalue weighted by molar-refractivity contribution is 6.30. The zero-order chi connectivity index (χ0) is 15.2. The van der Waals surface area contributed by atoms with Gasteiger partial charge in [0.2, 0.25) is 0 Å². The molecule has 0 unspecified atom stereocenters. The quantitative estimate of drug-likeness (QED) is 0.766. The molecular weight excluding hydrogens is 288 g/mol. The number of benzene rings is 1. The Kier molecular flexibility index (Phi) is 5.56. The van der Waals surface area contributed by atoms with E-state index in [1.54, 1.807) is 14.2 Å². The molecule has 21 heavy (non-hydrogen) atoms. The molecule has 0 N–H and O–H groups in total. The van der Waals surface area contributed by atoms with Crippen LogP contribution in [0, 0.1) is 0 Å². The zero-order valence-corrected chi connectivity index (χ0v) is 13.2. The summed E-state index contributed by atoms with van der Waals surface area (Å²) in [7, 11) is 5.20. The molecule has 0 saturated heterocycles. The van der Waals surface area contributed by atoms with Gasteiger partial charge in [0.15, 0.2) is 6.29 Å². The molecule has 0 atom stereocenters. The Bertz CT molecular complexity index is 553. The van der Waals surface area contributed by atoms with Crippen molar-refractivity contribution < 1.29 is 9.47 Å². The van der Waals surface area contributed by atoms with E-state index in [1.807, 2.05) is 54.5 Å². The summed E-state index contributed by atoms with van der Waals surface area (Å²) in [5.41, 5.74) is 2.15. The Balaban J connectivity index is 2.09. The maximum atomic E-state index is 5.90. The number of hydrogen-bond donors (Lipinski definition) is 0. The monoisotopic (exact) mass is 306 g/mol. The van der Waals surface area contributed by atoms with Crippen molar-refractivity contribution in [3.05, 3.63) is 47.6 Å². The molecule has 112 valence electrons. The summed E-state index contributed by atoms with van der Waals surface area (Å²) in [4.78, 5) is 6.47. The standard InChI is InChI=1S/C16H19ClN2O2/c1-19(11-16(20-2)21-3)15-9-6-13(10-18-15)12-4-7-14(17)8-5-12/h4-10,16H,11H2,1-3H3. The highest BCUT2D eigenvalue weighted by atomic mass is 35.5. The Labute approximate surface area is 130 Å². The average molecular weight is 307 g/mol. The van der Waals surface area contributed by atoms with E-state index in [0.717, 1.165) is 22.0 Å². The summed E-state index contributed by atoms with van der Waals surface area (Å²) < 4.78 is 10.4. The zero-order valence-electron chi connectivity index (χ0n) is 12.4. The lowest BCUT2D eigenvalue weighted by atomic mass is 10.1. The van der Waals surface area contributed by atoms with Crippen LogP contribution in [0.25, 0.3) is 11.1 Å². The fraction of sp³-hybridized carbons (Fsp3) is 0.312. The van der Waals surface area contributed by atoms with Crippen LogP contribution < -0.4 is 4.90 Å². The fourth-order valence-electron chi connectivity index (χ4n) is 1.99. The van der Waals surface area contributed by atoms with Crippen LogP contribution >= 0.6 is 11.6 Å². The lowest BCUT2D eigenvalue weighted by Gasteiger charge is -2.23. The largest absolute Gasteiger partial charge is 0.355 e. The number of anilines is 1. The SMILES string of the molecule is COC(CN(C)c1ccc(-c2ccc(Cl)cc2)cn1)OC. The van der Waals surface area contributed by atoms with Gasteiger partial charge in [0.05, 0.1) is 6.54 Å². The highest BCUT2D eigenvalue weighted by Gasteiger charge is 2.11. The first-order chi connectivity index (χ1) is 10.1. The van der Waals surface area contributed by atoms with Crippen LogP contribution in [-0.4, -0.2) is 39.1 Å². The fourth-order valence-corrected chi connectivity index (χ4v) is 2.11. The minimum Gasteiger partial charge on any atom is -0.355 e. The first-order valence-electron chi connectivity index (χ1n) is 6.62. The second kappa shape index (κ2) is 7.41. The maximum Gasteiger partial charge on any atom is 0.174 e. The third-order valence-electron chi connectivity index (χ3n) is 3.27. The van der Waals surface area contributed by atoms with E-state index in [4.69, 9.17) is 21.1 Å². The smallest absolute Gasteiger partial charge is 0.174 e. The Hall–Kier alpha value is -1.62. The van der Waals surface area contributed by atoms with E-state index in [9.17, 15) is 0 Å². The normalized spacial score (nSPS) is 10.9. The average Bonchev–Trinajstić information content (AvgIpc) is 2.53. The molecular formula is C16H19ClN2O2. The van der Waals surface area contributed by atoms with Crippen molar-refractivity contribution in [2.24, 2.45) is 0 Å². The van der Waals surface area contributed by atoms with Crippen molar-refractivity contribution in [3.8, 4) is 11.1 Å². The van der Waals surface area contributed by atoms with Gasteiger partial charge in [0.25, 0.3) is 0 Å². The van der Waals surface area contributed by atoms with Gasteiger partial charge in [0, 0.05) is 38.1 Å². The van der Waals surface area contributed by atoms with Gasteiger partial charge in [0.1, 0.15) is 5.82 Å². The third-order valence-corrected chi connectivity index (χ3v) is 3.52. The van der Waals surface area contributed by atoms with Crippen molar-refractivity contribution in [3.63, 3.8) is 0 Å². The van der Waals surface area contributed by atoms with Crippen molar-refractivity contribution in [1.29, 1.82) is 0 Å². The lowest BCUT2D eigenvalue weighted by Crippen LogP contribution is -2.32. The van der Waals surface area contributed by atoms with Crippen LogP contribution in [0.15, 0.2) is 42.6 Å². The van der Waals surface area contributed by atoms with E-state index in [1.165, 1.54) is 0 Å². The minimum atomic E-state index is -0.271. The van der Waals surface area contributed by atoms with Crippen LogP contribution in [0.1, 0.15) is 0 Å². The van der Waals surface area contributed by atoms with Gasteiger partial charge in [-0.25, -0.2) is 4.98 Å². The van der Waals surface area contributed by atoms with Gasteiger partial charge >= 0.3 is 0 Å². The molecule has 0 aliphatic rings. The molecule has 1 heterocycles. The van der Waals surface area contributed by atoms with Crippen LogP contribution in [0.4, 0.5) is 5.82 Å². The Morgan fingerprint density at radius 3 is 2.19 bits per heavy atom. The molecule has 1 aromatic heterocycles. The molecule has 0 aliphatic heterocycles. The number of aromatic nitrogens is 1. The second-order valence-electron chi connectivity index (χ2n) is 4.69. The predicted molar refractivity (Wildman–Crippen MR) is 85.8 cm³/mol. The van der Waals surface area contributed by atoms with Gasteiger partial charge in [-0.1, -0.05) is 23.7 Å². The van der Waals surface area contributed by atoms with Gasteiger partial charge in [-0.05, 0) is 29.8 Å². The molecule has 0 spiro atoms. The van der Waals surface area contributed by atoms with E-state index < -0.39 is 0 Å². The van der Waals surface area contributed by atoms with Crippen LogP contribution in [-0.2, 0) is 9.47 Å². The van der Waals surface area contributed by atoms with Crippen LogP contribution in [0.2, 0.25) is 5.02 Å². The molecule has 1 aromatic carbocycles. The van der Waals surface area contributed by atoms with Gasteiger partial charge < -0.3 is 14.4 Å². The molecule has 2 aromatic rings. The lowest BCUT2D eigenvalue weighted by molar-refractivity contribution is -0.0944. The summed E-state index contributed by atoms with van der Waals surface area (Å²) in [6.45, 7) is 0.611. The molecule has 4 nitrogen and oxygen atoms in total. The molecule has 0 radical (unpaired) electrons. The molecule has 0 bridgehead atoms. The Morgan fingerprint density at radius 1 is 1.05 bits per heavy atom. The van der Waals surface area contributed by atoms with Crippen LogP contribution in [0.5, 0.6) is 0 Å². The van der Waals surface area contributed by atoms with E-state index >= 15 is 0 Å². The number of ether oxygens (including phenoxy) is 2. The minimum absolute atomic E-state index is 0.271. The molecule has 2 rings (SSSR count). The summed E-state index contributed by atoms with van der Waals surface area (Å²) >= 11 is 5.90.